The zero-order chi connectivity index (χ0) is 19.4. The van der Waals surface area contributed by atoms with E-state index in [0.29, 0.717) is 0 Å². The van der Waals surface area contributed by atoms with E-state index >= 15 is 0 Å². The van der Waals surface area contributed by atoms with E-state index < -0.39 is 34.7 Å². The van der Waals surface area contributed by atoms with E-state index in [1.54, 1.807) is 0 Å². The summed E-state index contributed by atoms with van der Waals surface area (Å²) in [5.41, 5.74) is -2.13. The summed E-state index contributed by atoms with van der Waals surface area (Å²) in [4.78, 5) is 23.1. The minimum Gasteiger partial charge on any atom is -0.408 e. The number of carbonyl (C=O) groups is 2. The van der Waals surface area contributed by atoms with E-state index in [1.807, 2.05) is 0 Å². The van der Waals surface area contributed by atoms with E-state index in [-0.39, 0.29) is 25.7 Å². The van der Waals surface area contributed by atoms with Crippen LogP contribution in [0.2, 0.25) is 0 Å². The maximum atomic E-state index is 11.6. The summed E-state index contributed by atoms with van der Waals surface area (Å²) in [7, 11) is 0. The van der Waals surface area contributed by atoms with Crippen LogP contribution in [0.3, 0.4) is 0 Å². The summed E-state index contributed by atoms with van der Waals surface area (Å²) in [5.74, 6) is -6.78. The molecule has 0 amide bonds. The van der Waals surface area contributed by atoms with E-state index in [4.69, 9.17) is 0 Å². The van der Waals surface area contributed by atoms with Crippen LogP contribution in [0, 0.1) is 10.8 Å². The Kier molecular flexibility index (Phi) is 7.38. The summed E-state index contributed by atoms with van der Waals surface area (Å²) in [6, 6.07) is 0. The van der Waals surface area contributed by atoms with Gasteiger partial charge in [0, 0.05) is 12.8 Å². The third-order valence-corrected chi connectivity index (χ3v) is 3.48. The lowest BCUT2D eigenvalue weighted by molar-refractivity contribution is -0.367. The second-order valence-corrected chi connectivity index (χ2v) is 7.87. The molecule has 8 heteroatoms. The lowest BCUT2D eigenvalue weighted by Crippen LogP contribution is -2.46. The molecule has 0 aromatic rings. The molecule has 0 rings (SSSR count). The van der Waals surface area contributed by atoms with Crippen LogP contribution < -0.4 is 0 Å². The molecular weight excluding hydrogens is 320 g/mol. The molecule has 0 aliphatic carbocycles. The number of ether oxygens (including phenoxy) is 2. The fraction of sp³-hybridized carbons (Fsp3) is 0.875. The third-order valence-electron chi connectivity index (χ3n) is 3.48. The van der Waals surface area contributed by atoms with Crippen molar-refractivity contribution in [3.63, 3.8) is 0 Å². The third kappa shape index (κ3) is 7.12. The van der Waals surface area contributed by atoms with Gasteiger partial charge in [0.1, 0.15) is 0 Å². The Labute approximate surface area is 142 Å². The van der Waals surface area contributed by atoms with E-state index in [0.717, 1.165) is 0 Å². The first-order valence-electron chi connectivity index (χ1n) is 7.83. The van der Waals surface area contributed by atoms with Crippen LogP contribution in [0.25, 0.3) is 0 Å². The average Bonchev–Trinajstić information content (AvgIpc) is 2.30. The number of carbonyl (C=O) groups excluding carboxylic acids is 2. The number of aliphatic hydroxyl groups is 4. The molecular formula is C16H30O8. The van der Waals surface area contributed by atoms with Gasteiger partial charge in [-0.2, -0.15) is 0 Å². The maximum absolute atomic E-state index is 11.6. The van der Waals surface area contributed by atoms with Crippen molar-refractivity contribution in [3.8, 4) is 0 Å². The highest BCUT2D eigenvalue weighted by molar-refractivity contribution is 5.71. The van der Waals surface area contributed by atoms with Gasteiger partial charge in [0.05, 0.1) is 10.8 Å². The lowest BCUT2D eigenvalue weighted by Gasteiger charge is -2.33. The summed E-state index contributed by atoms with van der Waals surface area (Å²) < 4.78 is 9.22. The number of hydrogen-bond donors (Lipinski definition) is 4. The molecule has 0 spiro atoms. The first-order chi connectivity index (χ1) is 10.5. The van der Waals surface area contributed by atoms with E-state index in [9.17, 15) is 30.0 Å². The molecule has 0 aromatic carbocycles. The molecule has 0 saturated heterocycles. The fourth-order valence-electron chi connectivity index (χ4n) is 1.26. The Balaban J connectivity index is 4.19. The zero-order valence-electron chi connectivity index (χ0n) is 15.3. The van der Waals surface area contributed by atoms with Gasteiger partial charge in [-0.1, -0.05) is 41.5 Å². The van der Waals surface area contributed by atoms with Crippen molar-refractivity contribution in [2.75, 3.05) is 0 Å². The summed E-state index contributed by atoms with van der Waals surface area (Å²) in [6.45, 7) is 9.01. The Morgan fingerprint density at radius 2 is 0.917 bits per heavy atom. The molecule has 142 valence electrons. The first-order valence-corrected chi connectivity index (χ1v) is 7.83. The lowest BCUT2D eigenvalue weighted by atomic mass is 9.93. The Bertz CT molecular complexity index is 398. The fourth-order valence-corrected chi connectivity index (χ4v) is 1.26. The molecule has 0 aliphatic rings. The minimum atomic E-state index is -2.58. The highest BCUT2D eigenvalue weighted by Crippen LogP contribution is 2.30. The van der Waals surface area contributed by atoms with Gasteiger partial charge in [-0.25, -0.2) is 0 Å². The molecule has 0 fully saturated rings. The van der Waals surface area contributed by atoms with Crippen molar-refractivity contribution in [1.82, 2.24) is 0 Å². The highest BCUT2D eigenvalue weighted by Gasteiger charge is 2.43. The van der Waals surface area contributed by atoms with Crippen molar-refractivity contribution >= 4 is 11.9 Å². The Morgan fingerprint density at radius 1 is 0.667 bits per heavy atom. The van der Waals surface area contributed by atoms with Gasteiger partial charge < -0.3 is 29.9 Å². The SMILES string of the molecule is CC(C)(C)C(O)(O)OC(=O)CCCCC(=O)OC(O)(O)C(C)(C)C. The summed E-state index contributed by atoms with van der Waals surface area (Å²) in [6.07, 6.45) is 0.255. The normalized spacial score (nSPS) is 13.6. The van der Waals surface area contributed by atoms with Crippen LogP contribution in [0.5, 0.6) is 0 Å². The molecule has 0 atom stereocenters. The molecule has 0 heterocycles. The zero-order valence-corrected chi connectivity index (χ0v) is 15.3. The molecule has 24 heavy (non-hydrogen) atoms. The van der Waals surface area contributed by atoms with Crippen LogP contribution in [0.15, 0.2) is 0 Å². The molecule has 0 aromatic heterocycles. The smallest absolute Gasteiger partial charge is 0.329 e. The predicted octanol–water partition coefficient (Wildman–Crippen LogP) is 1.00. The summed E-state index contributed by atoms with van der Waals surface area (Å²) in [5, 5.41) is 38.6. The molecule has 0 saturated carbocycles. The van der Waals surface area contributed by atoms with Crippen LogP contribution in [0.1, 0.15) is 67.2 Å². The van der Waals surface area contributed by atoms with Gasteiger partial charge in [-0.3, -0.25) is 9.59 Å². The van der Waals surface area contributed by atoms with Gasteiger partial charge in [-0.05, 0) is 12.8 Å². The standard InChI is InChI=1S/C16H30O8/c1-13(2,3)15(19,20)23-11(17)9-7-8-10-12(18)24-16(21,22)14(4,5)6/h19-22H,7-10H2,1-6H3. The molecule has 0 bridgehead atoms. The molecule has 0 aliphatic heterocycles. The number of hydrogen-bond acceptors (Lipinski definition) is 8. The Morgan fingerprint density at radius 3 is 1.12 bits per heavy atom. The molecule has 8 nitrogen and oxygen atoms in total. The van der Waals surface area contributed by atoms with Crippen molar-refractivity contribution in [1.29, 1.82) is 0 Å². The van der Waals surface area contributed by atoms with Gasteiger partial charge in [0.2, 0.25) is 0 Å². The van der Waals surface area contributed by atoms with Crippen LogP contribution in [-0.2, 0) is 19.1 Å². The topological polar surface area (TPSA) is 134 Å². The second kappa shape index (κ2) is 7.77. The van der Waals surface area contributed by atoms with Crippen LogP contribution in [-0.4, -0.2) is 44.3 Å². The predicted molar refractivity (Wildman–Crippen MR) is 83.9 cm³/mol. The van der Waals surface area contributed by atoms with Gasteiger partial charge in [0.25, 0.3) is 0 Å². The molecule has 0 radical (unpaired) electrons. The van der Waals surface area contributed by atoms with Gasteiger partial charge >= 0.3 is 23.9 Å². The van der Waals surface area contributed by atoms with Crippen LogP contribution in [0.4, 0.5) is 0 Å². The quantitative estimate of drug-likeness (QED) is 0.304. The van der Waals surface area contributed by atoms with Crippen molar-refractivity contribution in [2.45, 2.75) is 79.2 Å². The summed E-state index contributed by atoms with van der Waals surface area (Å²) >= 11 is 0. The first kappa shape index (κ1) is 22.8. The monoisotopic (exact) mass is 350 g/mol. The van der Waals surface area contributed by atoms with E-state index in [1.165, 1.54) is 41.5 Å². The van der Waals surface area contributed by atoms with Crippen molar-refractivity contribution in [2.24, 2.45) is 10.8 Å². The van der Waals surface area contributed by atoms with Gasteiger partial charge in [-0.15, -0.1) is 0 Å². The van der Waals surface area contributed by atoms with Crippen LogP contribution >= 0.6 is 0 Å². The maximum Gasteiger partial charge on any atom is 0.329 e. The van der Waals surface area contributed by atoms with Gasteiger partial charge in [0.15, 0.2) is 0 Å². The molecule has 4 N–H and O–H groups in total. The Hall–Kier alpha value is -1.22. The number of unbranched alkanes of at least 4 members (excludes halogenated alkanes) is 1. The number of esters is 2. The largest absolute Gasteiger partial charge is 0.408 e. The number of rotatable bonds is 7. The van der Waals surface area contributed by atoms with E-state index in [2.05, 4.69) is 9.47 Å². The average molecular weight is 350 g/mol. The highest BCUT2D eigenvalue weighted by atomic mass is 16.8. The minimum absolute atomic E-state index is 0.116. The molecule has 0 unspecified atom stereocenters. The second-order valence-electron chi connectivity index (χ2n) is 7.87. The van der Waals surface area contributed by atoms with Crippen molar-refractivity contribution < 1.29 is 39.5 Å². The van der Waals surface area contributed by atoms with Crippen molar-refractivity contribution in [3.05, 3.63) is 0 Å².